The van der Waals surface area contributed by atoms with Gasteiger partial charge in [0.25, 0.3) is 0 Å². The summed E-state index contributed by atoms with van der Waals surface area (Å²) in [5.74, 6) is 2.74. The number of methoxy groups -OCH3 is 3. The second-order valence-electron chi connectivity index (χ2n) is 10.5. The second kappa shape index (κ2) is 10.0. The summed E-state index contributed by atoms with van der Waals surface area (Å²) in [6.45, 7) is 4.68. The number of hydrogen-bond donors (Lipinski definition) is 1. The van der Waals surface area contributed by atoms with E-state index in [2.05, 4.69) is 18.8 Å². The highest BCUT2D eigenvalue weighted by atomic mass is 16.5. The molecule has 0 amide bonds. The fourth-order valence-electron chi connectivity index (χ4n) is 5.38. The molecule has 2 aromatic carbocycles. The number of aromatic nitrogens is 2. The summed E-state index contributed by atoms with van der Waals surface area (Å²) in [6, 6.07) is 13.5. The summed E-state index contributed by atoms with van der Waals surface area (Å²) in [6.07, 6.45) is 3.38. The molecule has 2 aliphatic rings. The van der Waals surface area contributed by atoms with Crippen molar-refractivity contribution in [3.05, 3.63) is 82.3 Å². The van der Waals surface area contributed by atoms with Crippen molar-refractivity contribution >= 4 is 5.78 Å². The van der Waals surface area contributed by atoms with Crippen molar-refractivity contribution in [2.24, 2.45) is 5.41 Å². The van der Waals surface area contributed by atoms with Crippen LogP contribution >= 0.6 is 0 Å². The summed E-state index contributed by atoms with van der Waals surface area (Å²) in [5, 5.41) is 9.18. The molecular formula is C30H33N3O5. The molecule has 0 saturated heterocycles. The summed E-state index contributed by atoms with van der Waals surface area (Å²) in [7, 11) is 4.85. The molecule has 0 unspecified atom stereocenters. The largest absolute Gasteiger partial charge is 0.497 e. The van der Waals surface area contributed by atoms with Gasteiger partial charge in [-0.3, -0.25) is 10.2 Å². The van der Waals surface area contributed by atoms with Crippen molar-refractivity contribution in [3.63, 3.8) is 0 Å². The van der Waals surface area contributed by atoms with Gasteiger partial charge in [-0.15, -0.1) is 0 Å². The Kier molecular flexibility index (Phi) is 6.73. The van der Waals surface area contributed by atoms with Crippen LogP contribution in [-0.2, 0) is 17.8 Å². The molecule has 8 nitrogen and oxygen atoms in total. The summed E-state index contributed by atoms with van der Waals surface area (Å²) < 4.78 is 24.2. The van der Waals surface area contributed by atoms with Gasteiger partial charge in [0, 0.05) is 30.9 Å². The topological polar surface area (TPSA) is 95.7 Å². The third-order valence-electron chi connectivity index (χ3n) is 7.30. The molecule has 2 heterocycles. The molecule has 1 N–H and O–H groups in total. The van der Waals surface area contributed by atoms with Crippen LogP contribution in [0.15, 0.2) is 60.1 Å². The zero-order valence-corrected chi connectivity index (χ0v) is 22.5. The van der Waals surface area contributed by atoms with Crippen LogP contribution in [0, 0.1) is 10.8 Å². The zero-order valence-electron chi connectivity index (χ0n) is 22.5. The highest BCUT2D eigenvalue weighted by Crippen LogP contribution is 2.48. The van der Waals surface area contributed by atoms with E-state index in [4.69, 9.17) is 18.9 Å². The van der Waals surface area contributed by atoms with Crippen LogP contribution in [0.1, 0.15) is 49.3 Å². The Labute approximate surface area is 222 Å². The minimum Gasteiger partial charge on any atom is -0.497 e. The molecule has 0 fully saturated rings. The van der Waals surface area contributed by atoms with Crippen molar-refractivity contribution in [1.29, 1.82) is 5.41 Å². The Morgan fingerprint density at radius 2 is 1.76 bits per heavy atom. The summed E-state index contributed by atoms with van der Waals surface area (Å²) >= 11 is 0. The van der Waals surface area contributed by atoms with Gasteiger partial charge in [0.1, 0.15) is 23.3 Å². The third-order valence-corrected chi connectivity index (χ3v) is 7.30. The molecule has 5 rings (SSSR count). The van der Waals surface area contributed by atoms with Crippen LogP contribution in [0.5, 0.6) is 23.1 Å². The first-order valence-electron chi connectivity index (χ1n) is 12.7. The number of hydrogen-bond acceptors (Lipinski definition) is 7. The predicted molar refractivity (Wildman–Crippen MR) is 142 cm³/mol. The number of aryl methyl sites for hydroxylation is 2. The van der Waals surface area contributed by atoms with Gasteiger partial charge >= 0.3 is 0 Å². The molecular weight excluding hydrogens is 482 g/mol. The van der Waals surface area contributed by atoms with Gasteiger partial charge in [-0.25, -0.2) is 4.98 Å². The lowest BCUT2D eigenvalue weighted by Crippen LogP contribution is -2.37. The number of ketones is 1. The summed E-state index contributed by atoms with van der Waals surface area (Å²) in [5.41, 5.74) is 3.27. The SMILES string of the molecule is COc1ccc([C@H]2C3=C(CC(C)(C)CC3=O)Oc3ncn(CCc4ccc(OC)c(OC)c4)c(=N)c32)cc1. The Bertz CT molecular complexity index is 1470. The fraction of sp³-hybridized carbons (Fsp3) is 0.367. The average molecular weight is 516 g/mol. The molecule has 0 radical (unpaired) electrons. The molecule has 1 aliphatic heterocycles. The van der Waals surface area contributed by atoms with Crippen LogP contribution in [0.3, 0.4) is 0 Å². The average Bonchev–Trinajstić information content (AvgIpc) is 2.90. The first-order valence-corrected chi connectivity index (χ1v) is 12.7. The van der Waals surface area contributed by atoms with Crippen molar-refractivity contribution in [2.75, 3.05) is 21.3 Å². The maximum absolute atomic E-state index is 13.5. The van der Waals surface area contributed by atoms with Crippen LogP contribution in [0.2, 0.25) is 0 Å². The Balaban J connectivity index is 1.55. The van der Waals surface area contributed by atoms with Gasteiger partial charge in [-0.05, 0) is 47.2 Å². The number of Topliss-reactive ketones (excluding diaryl/α,β-unsaturated/α-hetero) is 1. The fourth-order valence-corrected chi connectivity index (χ4v) is 5.38. The number of ether oxygens (including phenoxy) is 4. The van der Waals surface area contributed by atoms with Gasteiger partial charge in [0.2, 0.25) is 5.88 Å². The van der Waals surface area contributed by atoms with E-state index in [1.165, 1.54) is 0 Å². The quantitative estimate of drug-likeness (QED) is 0.486. The van der Waals surface area contributed by atoms with Gasteiger partial charge in [0.05, 0.1) is 26.9 Å². The smallest absolute Gasteiger partial charge is 0.228 e. The first kappa shape index (κ1) is 25.6. The molecule has 38 heavy (non-hydrogen) atoms. The minimum absolute atomic E-state index is 0.0582. The number of fused-ring (bicyclic) bond motifs is 1. The standard InChI is InChI=1S/C30H33N3O5/c1-30(2)15-21(34)26-24(16-30)38-29-27(25(26)19-7-9-20(35-3)10-8-19)28(31)33(17-32-29)13-12-18-6-11-22(36-4)23(14-18)37-5/h6-11,14,17,25,31H,12-13,15-16H2,1-5H3/t25-/m0/s1. The first-order chi connectivity index (χ1) is 18.2. The van der Waals surface area contributed by atoms with Crippen molar-refractivity contribution < 1.29 is 23.7 Å². The van der Waals surface area contributed by atoms with Crippen LogP contribution < -0.4 is 24.4 Å². The van der Waals surface area contributed by atoms with Gasteiger partial charge in [-0.1, -0.05) is 32.0 Å². The third kappa shape index (κ3) is 4.66. The number of allylic oxidation sites excluding steroid dienone is 2. The zero-order chi connectivity index (χ0) is 27.0. The molecule has 8 heteroatoms. The minimum atomic E-state index is -0.434. The molecule has 0 saturated carbocycles. The molecule has 1 aromatic heterocycles. The Morgan fingerprint density at radius 1 is 1.03 bits per heavy atom. The molecule has 0 bridgehead atoms. The number of nitrogens with one attached hydrogen (secondary N) is 1. The van der Waals surface area contributed by atoms with Crippen molar-refractivity contribution in [2.45, 2.75) is 45.6 Å². The summed E-state index contributed by atoms with van der Waals surface area (Å²) in [4.78, 5) is 18.1. The Hall–Kier alpha value is -4.07. The molecule has 1 atom stereocenters. The van der Waals surface area contributed by atoms with Crippen molar-refractivity contribution in [3.8, 4) is 23.1 Å². The Morgan fingerprint density at radius 3 is 2.45 bits per heavy atom. The van der Waals surface area contributed by atoms with E-state index >= 15 is 0 Å². The van der Waals surface area contributed by atoms with Gasteiger partial charge in [0.15, 0.2) is 17.3 Å². The lowest BCUT2D eigenvalue weighted by Gasteiger charge is -2.38. The molecule has 3 aromatic rings. The van der Waals surface area contributed by atoms with Gasteiger partial charge < -0.3 is 23.5 Å². The maximum Gasteiger partial charge on any atom is 0.228 e. The number of nitrogens with zero attached hydrogens (tertiary/aromatic N) is 2. The second-order valence-corrected chi connectivity index (χ2v) is 10.5. The number of benzene rings is 2. The molecule has 0 spiro atoms. The van der Waals surface area contributed by atoms with E-state index in [0.29, 0.717) is 60.1 Å². The lowest BCUT2D eigenvalue weighted by atomic mass is 9.70. The molecule has 1 aliphatic carbocycles. The van der Waals surface area contributed by atoms with E-state index in [1.54, 1.807) is 32.2 Å². The van der Waals surface area contributed by atoms with Crippen LogP contribution in [0.25, 0.3) is 0 Å². The van der Waals surface area contributed by atoms with Crippen molar-refractivity contribution in [1.82, 2.24) is 9.55 Å². The monoisotopic (exact) mass is 515 g/mol. The lowest BCUT2D eigenvalue weighted by molar-refractivity contribution is -0.118. The van der Waals surface area contributed by atoms with E-state index in [0.717, 1.165) is 16.9 Å². The van der Waals surface area contributed by atoms with Crippen LogP contribution in [-0.4, -0.2) is 36.7 Å². The van der Waals surface area contributed by atoms with E-state index in [9.17, 15) is 10.2 Å². The highest BCUT2D eigenvalue weighted by Gasteiger charge is 2.43. The number of carbonyl (C=O) groups is 1. The van der Waals surface area contributed by atoms with Gasteiger partial charge in [-0.2, -0.15) is 0 Å². The number of carbonyl (C=O) groups excluding carboxylic acids is 1. The normalized spacial score (nSPS) is 17.8. The highest BCUT2D eigenvalue weighted by molar-refractivity contribution is 6.00. The number of rotatable bonds is 7. The van der Waals surface area contributed by atoms with Crippen LogP contribution in [0.4, 0.5) is 0 Å². The van der Waals surface area contributed by atoms with E-state index < -0.39 is 5.92 Å². The predicted octanol–water partition coefficient (Wildman–Crippen LogP) is 4.80. The van der Waals surface area contributed by atoms with E-state index in [1.807, 2.05) is 42.5 Å². The van der Waals surface area contributed by atoms with E-state index in [-0.39, 0.29) is 16.7 Å². The maximum atomic E-state index is 13.5. The molecule has 198 valence electrons.